The molecule has 0 atom stereocenters. The predicted molar refractivity (Wildman–Crippen MR) is 44.1 cm³/mol. The number of nitrogens with zero attached hydrogens (tertiary/aromatic N) is 1. The van der Waals surface area contributed by atoms with Crippen molar-refractivity contribution >= 4 is 0 Å². The molecule has 14 heavy (non-hydrogen) atoms. The second kappa shape index (κ2) is 3.54. The van der Waals surface area contributed by atoms with Crippen molar-refractivity contribution in [2.75, 3.05) is 0 Å². The Hall–Kier alpha value is -1.76. The summed E-state index contributed by atoms with van der Waals surface area (Å²) in [7, 11) is 0. The van der Waals surface area contributed by atoms with E-state index in [9.17, 15) is 13.2 Å². The summed E-state index contributed by atoms with van der Waals surface area (Å²) in [5, 5.41) is 8.46. The number of hydrogen-bond donors (Lipinski definition) is 0. The van der Waals surface area contributed by atoms with Crippen molar-refractivity contribution in [3.05, 3.63) is 47.5 Å². The third-order valence-corrected chi connectivity index (χ3v) is 1.65. The Morgan fingerprint density at radius 3 is 2.36 bits per heavy atom. The molecule has 1 nitrogen and oxygen atoms in total. The van der Waals surface area contributed by atoms with Crippen LogP contribution in [0.25, 0.3) is 0 Å². The first-order valence-electron chi connectivity index (χ1n) is 3.63. The Balaban J connectivity index is 3.38. The lowest BCUT2D eigenvalue weighted by Gasteiger charge is -2.08. The number of rotatable bonds is 1. The molecule has 1 radical (unpaired) electrons. The van der Waals surface area contributed by atoms with Crippen LogP contribution in [0.3, 0.4) is 0 Å². The molecule has 0 aliphatic rings. The van der Waals surface area contributed by atoms with Crippen LogP contribution >= 0.6 is 0 Å². The molecule has 0 aliphatic carbocycles. The Morgan fingerprint density at radius 2 is 1.93 bits per heavy atom. The highest BCUT2D eigenvalue weighted by atomic mass is 19.4. The third-order valence-electron chi connectivity index (χ3n) is 1.65. The Bertz CT molecular complexity index is 399. The van der Waals surface area contributed by atoms with E-state index >= 15 is 0 Å². The van der Waals surface area contributed by atoms with E-state index in [1.54, 1.807) is 0 Å². The monoisotopic (exact) mass is 196 g/mol. The van der Waals surface area contributed by atoms with E-state index in [4.69, 9.17) is 5.26 Å². The molecular formula is C10H5F3N. The summed E-state index contributed by atoms with van der Waals surface area (Å²) in [4.78, 5) is 0. The largest absolute Gasteiger partial charge is 0.417 e. The highest BCUT2D eigenvalue weighted by Gasteiger charge is 2.33. The Kier molecular flexibility index (Phi) is 2.61. The maximum Gasteiger partial charge on any atom is 0.417 e. The first-order chi connectivity index (χ1) is 6.49. The summed E-state index contributed by atoms with van der Waals surface area (Å²) in [6.45, 7) is 3.23. The topological polar surface area (TPSA) is 23.8 Å². The molecule has 4 heteroatoms. The van der Waals surface area contributed by atoms with Crippen molar-refractivity contribution in [1.82, 2.24) is 0 Å². The molecule has 0 aliphatic heterocycles. The lowest BCUT2D eigenvalue weighted by atomic mass is 10.0. The lowest BCUT2D eigenvalue weighted by molar-refractivity contribution is -0.137. The van der Waals surface area contributed by atoms with Gasteiger partial charge in [0.1, 0.15) is 0 Å². The summed E-state index contributed by atoms with van der Waals surface area (Å²) in [6.07, 6.45) is -2.18. The minimum absolute atomic E-state index is 0.219. The van der Waals surface area contributed by atoms with Crippen molar-refractivity contribution in [2.45, 2.75) is 6.18 Å². The molecular weight excluding hydrogens is 191 g/mol. The molecule has 0 unspecified atom stereocenters. The zero-order valence-corrected chi connectivity index (χ0v) is 7.02. The predicted octanol–water partition coefficient (Wildman–Crippen LogP) is 2.91. The van der Waals surface area contributed by atoms with Gasteiger partial charge in [-0.05, 0) is 23.8 Å². The lowest BCUT2D eigenvalue weighted by Crippen LogP contribution is -2.08. The van der Waals surface area contributed by atoms with Crippen LogP contribution in [0.1, 0.15) is 16.7 Å². The van der Waals surface area contributed by atoms with Gasteiger partial charge in [-0.1, -0.05) is 12.6 Å². The van der Waals surface area contributed by atoms with Gasteiger partial charge in [0.05, 0.1) is 17.2 Å². The molecule has 0 saturated heterocycles. The van der Waals surface area contributed by atoms with Crippen LogP contribution in [-0.4, -0.2) is 0 Å². The van der Waals surface area contributed by atoms with E-state index in [1.807, 2.05) is 0 Å². The van der Waals surface area contributed by atoms with E-state index in [1.165, 1.54) is 12.1 Å². The van der Waals surface area contributed by atoms with Crippen molar-refractivity contribution in [3.63, 3.8) is 0 Å². The zero-order valence-electron chi connectivity index (χ0n) is 7.02. The molecule has 1 rings (SSSR count). The second-order valence-electron chi connectivity index (χ2n) is 2.55. The molecule has 0 fully saturated rings. The van der Waals surface area contributed by atoms with Crippen LogP contribution in [0.5, 0.6) is 0 Å². The van der Waals surface area contributed by atoms with Crippen molar-refractivity contribution in [1.29, 1.82) is 5.26 Å². The van der Waals surface area contributed by atoms with Crippen molar-refractivity contribution in [3.8, 4) is 6.07 Å². The first-order valence-corrected chi connectivity index (χ1v) is 3.63. The molecule has 0 spiro atoms. The summed E-state index contributed by atoms with van der Waals surface area (Å²) in [6, 6.07) is 4.81. The zero-order chi connectivity index (χ0) is 10.8. The molecule has 0 aromatic heterocycles. The van der Waals surface area contributed by atoms with Gasteiger partial charge in [0.25, 0.3) is 0 Å². The highest BCUT2D eigenvalue weighted by Crippen LogP contribution is 2.32. The smallest absolute Gasteiger partial charge is 0.192 e. The molecule has 1 aromatic carbocycles. The SMILES string of the molecule is C=[C]c1ccc(C#N)c(C(F)(F)F)c1. The first kappa shape index (κ1) is 10.3. The van der Waals surface area contributed by atoms with E-state index < -0.39 is 17.3 Å². The quantitative estimate of drug-likeness (QED) is 0.677. The average Bonchev–Trinajstić information content (AvgIpc) is 2.15. The minimum atomic E-state index is -4.52. The van der Waals surface area contributed by atoms with E-state index in [0.717, 1.165) is 12.1 Å². The second-order valence-corrected chi connectivity index (χ2v) is 2.55. The van der Waals surface area contributed by atoms with Gasteiger partial charge in [0, 0.05) is 0 Å². The number of alkyl halides is 3. The fourth-order valence-electron chi connectivity index (χ4n) is 0.986. The molecule has 0 heterocycles. The minimum Gasteiger partial charge on any atom is -0.192 e. The molecule has 71 valence electrons. The van der Waals surface area contributed by atoms with E-state index in [-0.39, 0.29) is 5.56 Å². The van der Waals surface area contributed by atoms with Gasteiger partial charge in [-0.2, -0.15) is 18.4 Å². The number of benzene rings is 1. The molecule has 0 bridgehead atoms. The summed E-state index contributed by atoms with van der Waals surface area (Å²) in [5.41, 5.74) is -1.12. The van der Waals surface area contributed by atoms with E-state index in [2.05, 4.69) is 12.7 Å². The fraction of sp³-hybridized carbons (Fsp3) is 0.100. The Labute approximate surface area is 79.1 Å². The average molecular weight is 196 g/mol. The summed E-state index contributed by atoms with van der Waals surface area (Å²) in [5.74, 6) is 0. The fourth-order valence-corrected chi connectivity index (χ4v) is 0.986. The van der Waals surface area contributed by atoms with Crippen molar-refractivity contribution < 1.29 is 13.2 Å². The number of hydrogen-bond acceptors (Lipinski definition) is 1. The number of nitriles is 1. The van der Waals surface area contributed by atoms with Gasteiger partial charge >= 0.3 is 6.18 Å². The van der Waals surface area contributed by atoms with Crippen LogP contribution in [0, 0.1) is 17.4 Å². The van der Waals surface area contributed by atoms with Crippen LogP contribution in [-0.2, 0) is 6.18 Å². The summed E-state index contributed by atoms with van der Waals surface area (Å²) >= 11 is 0. The highest BCUT2D eigenvalue weighted by molar-refractivity contribution is 5.43. The molecule has 0 saturated carbocycles. The van der Waals surface area contributed by atoms with Gasteiger partial charge in [0.15, 0.2) is 0 Å². The Morgan fingerprint density at radius 1 is 1.29 bits per heavy atom. The standard InChI is InChI=1S/C10H5F3N/c1-2-7-3-4-8(6-14)9(5-7)10(11,12)13/h3-5H,1H2. The van der Waals surface area contributed by atoms with Crippen molar-refractivity contribution in [2.24, 2.45) is 0 Å². The van der Waals surface area contributed by atoms with Gasteiger partial charge < -0.3 is 0 Å². The van der Waals surface area contributed by atoms with Crippen LogP contribution in [0.4, 0.5) is 13.2 Å². The maximum absolute atomic E-state index is 12.4. The normalized spacial score (nSPS) is 10.7. The molecule has 0 N–H and O–H groups in total. The van der Waals surface area contributed by atoms with Gasteiger partial charge in [-0.25, -0.2) is 0 Å². The van der Waals surface area contributed by atoms with Gasteiger partial charge in [-0.3, -0.25) is 0 Å². The van der Waals surface area contributed by atoms with Crippen LogP contribution in [0.15, 0.2) is 24.8 Å². The third kappa shape index (κ3) is 1.94. The van der Waals surface area contributed by atoms with Crippen LogP contribution < -0.4 is 0 Å². The molecule has 0 amide bonds. The maximum atomic E-state index is 12.4. The number of halogens is 3. The van der Waals surface area contributed by atoms with E-state index in [0.29, 0.717) is 0 Å². The van der Waals surface area contributed by atoms with Crippen LogP contribution in [0.2, 0.25) is 0 Å². The van der Waals surface area contributed by atoms with Gasteiger partial charge in [-0.15, -0.1) is 0 Å². The van der Waals surface area contributed by atoms with Gasteiger partial charge in [0.2, 0.25) is 0 Å². The summed E-state index contributed by atoms with van der Waals surface area (Å²) < 4.78 is 37.1. The molecule has 1 aromatic rings.